The number of hydrogen-bond donors (Lipinski definition) is 0. The molecule has 17 heavy (non-hydrogen) atoms. The lowest BCUT2D eigenvalue weighted by Gasteiger charge is -2.40. The highest BCUT2D eigenvalue weighted by Crippen LogP contribution is 2.43. The van der Waals surface area contributed by atoms with E-state index in [-0.39, 0.29) is 24.8 Å². The van der Waals surface area contributed by atoms with Crippen LogP contribution < -0.4 is 0 Å². The molecule has 0 spiro atoms. The van der Waals surface area contributed by atoms with Crippen LogP contribution in [0.5, 0.6) is 0 Å². The second kappa shape index (κ2) is 3.51. The summed E-state index contributed by atoms with van der Waals surface area (Å²) in [6.07, 6.45) is -0.401. The molecular formula is C12H10BrF2NO. The summed E-state index contributed by atoms with van der Waals surface area (Å²) < 4.78 is 26.5. The van der Waals surface area contributed by atoms with Gasteiger partial charge in [0, 0.05) is 35.5 Å². The highest BCUT2D eigenvalue weighted by Gasteiger charge is 2.50. The van der Waals surface area contributed by atoms with Crippen molar-refractivity contribution in [3.63, 3.8) is 0 Å². The average Bonchev–Trinajstić information content (AvgIpc) is 2.53. The Balaban J connectivity index is 1.83. The van der Waals surface area contributed by atoms with E-state index in [9.17, 15) is 13.6 Å². The molecule has 0 atom stereocenters. The van der Waals surface area contributed by atoms with Gasteiger partial charge in [-0.1, -0.05) is 22.0 Å². The molecule has 2 aliphatic rings. The molecule has 1 aliphatic carbocycles. The Kier molecular flexibility index (Phi) is 2.30. The Morgan fingerprint density at radius 2 is 2.06 bits per heavy atom. The van der Waals surface area contributed by atoms with E-state index in [0.717, 1.165) is 10.0 Å². The lowest BCUT2D eigenvalue weighted by Crippen LogP contribution is -2.50. The second-order valence-corrected chi connectivity index (χ2v) is 5.57. The number of amides is 1. The monoisotopic (exact) mass is 301 g/mol. The van der Waals surface area contributed by atoms with Crippen molar-refractivity contribution in [2.45, 2.75) is 31.4 Å². The van der Waals surface area contributed by atoms with E-state index in [2.05, 4.69) is 15.9 Å². The van der Waals surface area contributed by atoms with Crippen LogP contribution in [0, 0.1) is 0 Å². The maximum absolute atomic E-state index is 12.8. The van der Waals surface area contributed by atoms with Crippen LogP contribution in [0.2, 0.25) is 0 Å². The van der Waals surface area contributed by atoms with Crippen molar-refractivity contribution in [3.05, 3.63) is 33.8 Å². The van der Waals surface area contributed by atoms with Gasteiger partial charge < -0.3 is 4.90 Å². The third-order valence-electron chi connectivity index (χ3n) is 3.41. The molecule has 0 aromatic heterocycles. The van der Waals surface area contributed by atoms with Gasteiger partial charge in [0.1, 0.15) is 0 Å². The molecule has 1 aromatic carbocycles. The first-order valence-electron chi connectivity index (χ1n) is 5.43. The zero-order valence-electron chi connectivity index (χ0n) is 8.92. The van der Waals surface area contributed by atoms with E-state index in [1.807, 2.05) is 12.1 Å². The molecule has 1 amide bonds. The summed E-state index contributed by atoms with van der Waals surface area (Å²) in [7, 11) is 0. The predicted molar refractivity (Wildman–Crippen MR) is 62.0 cm³/mol. The molecule has 1 heterocycles. The summed E-state index contributed by atoms with van der Waals surface area (Å²) in [5.41, 5.74) is 1.56. The summed E-state index contributed by atoms with van der Waals surface area (Å²) in [6.45, 7) is 0.461. The number of carbonyl (C=O) groups is 1. The number of halogens is 3. The Morgan fingerprint density at radius 1 is 1.35 bits per heavy atom. The normalized spacial score (nSPS) is 22.5. The van der Waals surface area contributed by atoms with Crippen LogP contribution in [-0.4, -0.2) is 22.8 Å². The Labute approximate surface area is 106 Å². The van der Waals surface area contributed by atoms with Gasteiger partial charge in [-0.3, -0.25) is 4.79 Å². The van der Waals surface area contributed by atoms with Crippen LogP contribution in [0.1, 0.15) is 28.8 Å². The first kappa shape index (κ1) is 11.1. The maximum Gasteiger partial charge on any atom is 0.254 e. The van der Waals surface area contributed by atoms with Crippen LogP contribution >= 0.6 is 15.9 Å². The third kappa shape index (κ3) is 1.76. The third-order valence-corrected chi connectivity index (χ3v) is 3.91. The lowest BCUT2D eigenvalue weighted by atomic mass is 9.87. The summed E-state index contributed by atoms with van der Waals surface area (Å²) in [5, 5.41) is 0. The number of nitrogens with zero attached hydrogens (tertiary/aromatic N) is 1. The largest absolute Gasteiger partial charge is 0.331 e. The van der Waals surface area contributed by atoms with Crippen molar-refractivity contribution in [2.24, 2.45) is 0 Å². The number of hydrogen-bond acceptors (Lipinski definition) is 1. The van der Waals surface area contributed by atoms with Gasteiger partial charge in [-0.2, -0.15) is 0 Å². The zero-order valence-corrected chi connectivity index (χ0v) is 10.5. The number of carbonyl (C=O) groups excluding carboxylic acids is 1. The smallest absolute Gasteiger partial charge is 0.254 e. The van der Waals surface area contributed by atoms with E-state index in [0.29, 0.717) is 12.1 Å². The molecule has 90 valence electrons. The van der Waals surface area contributed by atoms with Crippen LogP contribution in [0.25, 0.3) is 0 Å². The molecular weight excluding hydrogens is 292 g/mol. The second-order valence-electron chi connectivity index (χ2n) is 4.65. The van der Waals surface area contributed by atoms with Crippen LogP contribution in [-0.2, 0) is 6.54 Å². The number of fused-ring (bicyclic) bond motifs is 1. The van der Waals surface area contributed by atoms with Crippen LogP contribution in [0.3, 0.4) is 0 Å². The first-order chi connectivity index (χ1) is 7.96. The summed E-state index contributed by atoms with van der Waals surface area (Å²) in [5.74, 6) is -2.71. The fourth-order valence-electron chi connectivity index (χ4n) is 2.44. The van der Waals surface area contributed by atoms with Crippen molar-refractivity contribution in [1.29, 1.82) is 0 Å². The number of benzene rings is 1. The SMILES string of the molecule is O=C1c2cc(Br)ccc2CN1C1CC(F)(F)C1. The quantitative estimate of drug-likeness (QED) is 0.780. The summed E-state index contributed by atoms with van der Waals surface area (Å²) in [6, 6.07) is 5.19. The predicted octanol–water partition coefficient (Wildman–Crippen LogP) is 3.20. The first-order valence-corrected chi connectivity index (χ1v) is 6.23. The minimum Gasteiger partial charge on any atom is -0.331 e. The van der Waals surface area contributed by atoms with E-state index < -0.39 is 5.92 Å². The molecule has 0 unspecified atom stereocenters. The van der Waals surface area contributed by atoms with E-state index in [1.165, 1.54) is 0 Å². The fourth-order valence-corrected chi connectivity index (χ4v) is 2.80. The highest BCUT2D eigenvalue weighted by molar-refractivity contribution is 9.10. The fraction of sp³-hybridized carbons (Fsp3) is 0.417. The Hall–Kier alpha value is -0.970. The van der Waals surface area contributed by atoms with Gasteiger partial charge in [-0.25, -0.2) is 8.78 Å². The Bertz CT molecular complexity index is 495. The van der Waals surface area contributed by atoms with Gasteiger partial charge in [0.15, 0.2) is 0 Å². The van der Waals surface area contributed by atoms with Gasteiger partial charge >= 0.3 is 0 Å². The maximum atomic E-state index is 12.8. The van der Waals surface area contributed by atoms with Crippen molar-refractivity contribution in [2.75, 3.05) is 0 Å². The van der Waals surface area contributed by atoms with Crippen molar-refractivity contribution >= 4 is 21.8 Å². The van der Waals surface area contributed by atoms with Crippen LogP contribution in [0.15, 0.2) is 22.7 Å². The van der Waals surface area contributed by atoms with Gasteiger partial charge in [-0.05, 0) is 17.7 Å². The highest BCUT2D eigenvalue weighted by atomic mass is 79.9. The molecule has 2 nitrogen and oxygen atoms in total. The summed E-state index contributed by atoms with van der Waals surface area (Å²) >= 11 is 3.31. The van der Waals surface area contributed by atoms with E-state index in [1.54, 1.807) is 11.0 Å². The molecule has 0 radical (unpaired) electrons. The lowest BCUT2D eigenvalue weighted by molar-refractivity contribution is -0.116. The van der Waals surface area contributed by atoms with Gasteiger partial charge in [0.25, 0.3) is 11.8 Å². The molecule has 1 aliphatic heterocycles. The van der Waals surface area contributed by atoms with Gasteiger partial charge in [0.2, 0.25) is 0 Å². The molecule has 1 aromatic rings. The van der Waals surface area contributed by atoms with Gasteiger partial charge in [-0.15, -0.1) is 0 Å². The molecule has 0 bridgehead atoms. The van der Waals surface area contributed by atoms with Crippen molar-refractivity contribution in [3.8, 4) is 0 Å². The molecule has 1 saturated carbocycles. The van der Waals surface area contributed by atoms with Crippen molar-refractivity contribution in [1.82, 2.24) is 4.90 Å². The Morgan fingerprint density at radius 3 is 2.71 bits per heavy atom. The van der Waals surface area contributed by atoms with Gasteiger partial charge in [0.05, 0.1) is 0 Å². The van der Waals surface area contributed by atoms with Crippen molar-refractivity contribution < 1.29 is 13.6 Å². The number of rotatable bonds is 1. The topological polar surface area (TPSA) is 20.3 Å². The average molecular weight is 302 g/mol. The molecule has 1 fully saturated rings. The standard InChI is InChI=1S/C12H10BrF2NO/c13-8-2-1-7-6-16(11(17)10(7)3-8)9-4-12(14,15)5-9/h1-3,9H,4-6H2. The molecule has 0 saturated heterocycles. The molecule has 3 rings (SSSR count). The van der Waals surface area contributed by atoms with E-state index >= 15 is 0 Å². The minimum atomic E-state index is -2.58. The number of alkyl halides is 2. The molecule has 5 heteroatoms. The molecule has 0 N–H and O–H groups in total. The van der Waals surface area contributed by atoms with Crippen LogP contribution in [0.4, 0.5) is 8.78 Å². The van der Waals surface area contributed by atoms with E-state index in [4.69, 9.17) is 0 Å². The minimum absolute atomic E-state index is 0.123. The summed E-state index contributed by atoms with van der Waals surface area (Å²) in [4.78, 5) is 13.6. The zero-order chi connectivity index (χ0) is 12.2.